The average molecular weight is 363 g/mol. The number of rotatable bonds is 4. The lowest BCUT2D eigenvalue weighted by molar-refractivity contribution is -0.113. The van der Waals surface area contributed by atoms with Crippen molar-refractivity contribution in [3.63, 3.8) is 0 Å². The normalized spacial score (nSPS) is 23.2. The molecule has 1 atom stereocenters. The van der Waals surface area contributed by atoms with E-state index in [-0.39, 0.29) is 5.91 Å². The Morgan fingerprint density at radius 1 is 1.38 bits per heavy atom. The van der Waals surface area contributed by atoms with Gasteiger partial charge in [0.2, 0.25) is 0 Å². The van der Waals surface area contributed by atoms with Gasteiger partial charge in [-0.1, -0.05) is 43.0 Å². The van der Waals surface area contributed by atoms with Crippen LogP contribution < -0.4 is 9.64 Å². The van der Waals surface area contributed by atoms with E-state index in [1.807, 2.05) is 30.5 Å². The van der Waals surface area contributed by atoms with Crippen LogP contribution in [0, 0.1) is 0 Å². The number of para-hydroxylation sites is 2. The van der Waals surface area contributed by atoms with Crippen molar-refractivity contribution < 1.29 is 9.53 Å². The summed E-state index contributed by atoms with van der Waals surface area (Å²) < 4.78 is 5.94. The molecule has 2 heterocycles. The number of anilines is 1. The SMILES string of the molecule is CCC1CCCCN1C=C1SC(=S)N(c2ccccc2OC)C1=O. The van der Waals surface area contributed by atoms with Crippen LogP contribution in [0.5, 0.6) is 5.75 Å². The minimum atomic E-state index is -0.0603. The number of likely N-dealkylation sites (tertiary alicyclic amines) is 1. The van der Waals surface area contributed by atoms with Gasteiger partial charge < -0.3 is 9.64 Å². The summed E-state index contributed by atoms with van der Waals surface area (Å²) in [6, 6.07) is 8.00. The van der Waals surface area contributed by atoms with Crippen molar-refractivity contribution in [3.8, 4) is 5.75 Å². The number of hydrogen-bond donors (Lipinski definition) is 0. The van der Waals surface area contributed by atoms with Crippen LogP contribution in [0.4, 0.5) is 5.69 Å². The van der Waals surface area contributed by atoms with Crippen LogP contribution in [0.2, 0.25) is 0 Å². The molecule has 0 bridgehead atoms. The Bertz CT molecular complexity index is 675. The van der Waals surface area contributed by atoms with E-state index in [1.165, 1.54) is 31.0 Å². The van der Waals surface area contributed by atoms with Gasteiger partial charge >= 0.3 is 0 Å². The number of carbonyl (C=O) groups is 1. The zero-order valence-electron chi connectivity index (χ0n) is 14.0. The van der Waals surface area contributed by atoms with Crippen molar-refractivity contribution in [2.24, 2.45) is 0 Å². The van der Waals surface area contributed by atoms with Gasteiger partial charge in [-0.05, 0) is 37.8 Å². The van der Waals surface area contributed by atoms with Gasteiger partial charge in [-0.3, -0.25) is 9.69 Å². The highest BCUT2D eigenvalue weighted by atomic mass is 32.2. The Hall–Kier alpha value is -1.53. The molecule has 3 rings (SSSR count). The number of methoxy groups -OCH3 is 1. The summed E-state index contributed by atoms with van der Waals surface area (Å²) in [4.78, 5) is 17.5. The first-order valence-electron chi connectivity index (χ1n) is 8.32. The van der Waals surface area contributed by atoms with Gasteiger partial charge in [-0.25, -0.2) is 0 Å². The fourth-order valence-electron chi connectivity index (χ4n) is 3.26. The molecule has 1 unspecified atom stereocenters. The van der Waals surface area contributed by atoms with E-state index in [0.29, 0.717) is 26.7 Å². The molecule has 0 N–H and O–H groups in total. The third-order valence-electron chi connectivity index (χ3n) is 4.55. The predicted octanol–water partition coefficient (Wildman–Crippen LogP) is 4.17. The number of piperidine rings is 1. The molecule has 4 nitrogen and oxygen atoms in total. The molecule has 0 aromatic heterocycles. The molecular weight excluding hydrogens is 340 g/mol. The maximum Gasteiger partial charge on any atom is 0.272 e. The molecule has 2 aliphatic heterocycles. The molecule has 6 heteroatoms. The predicted molar refractivity (Wildman–Crippen MR) is 103 cm³/mol. The van der Waals surface area contributed by atoms with Crippen LogP contribution in [0.3, 0.4) is 0 Å². The second-order valence-electron chi connectivity index (χ2n) is 5.97. The maximum absolute atomic E-state index is 12.9. The molecule has 2 saturated heterocycles. The molecule has 0 radical (unpaired) electrons. The second-order valence-corrected chi connectivity index (χ2v) is 7.65. The minimum Gasteiger partial charge on any atom is -0.495 e. The van der Waals surface area contributed by atoms with E-state index in [4.69, 9.17) is 17.0 Å². The van der Waals surface area contributed by atoms with Gasteiger partial charge in [0.15, 0.2) is 4.32 Å². The number of thiocarbonyl (C=S) groups is 1. The fourth-order valence-corrected chi connectivity index (χ4v) is 4.54. The summed E-state index contributed by atoms with van der Waals surface area (Å²) >= 11 is 6.84. The lowest BCUT2D eigenvalue weighted by Gasteiger charge is -2.34. The largest absolute Gasteiger partial charge is 0.495 e. The maximum atomic E-state index is 12.9. The number of carbonyl (C=O) groups excluding carboxylic acids is 1. The van der Waals surface area contributed by atoms with E-state index in [2.05, 4.69) is 11.8 Å². The second kappa shape index (κ2) is 7.57. The van der Waals surface area contributed by atoms with Crippen LogP contribution in [0.1, 0.15) is 32.6 Å². The molecule has 2 aliphatic rings. The van der Waals surface area contributed by atoms with Crippen molar-refractivity contribution in [3.05, 3.63) is 35.4 Å². The van der Waals surface area contributed by atoms with Gasteiger partial charge in [-0.15, -0.1) is 0 Å². The first kappa shape index (κ1) is 17.3. The number of hydrogen-bond acceptors (Lipinski definition) is 5. The highest BCUT2D eigenvalue weighted by Gasteiger charge is 2.35. The van der Waals surface area contributed by atoms with Crippen molar-refractivity contribution in [2.45, 2.75) is 38.6 Å². The van der Waals surface area contributed by atoms with Crippen molar-refractivity contribution in [1.82, 2.24) is 4.90 Å². The van der Waals surface area contributed by atoms with Gasteiger partial charge in [-0.2, -0.15) is 0 Å². The Morgan fingerprint density at radius 3 is 2.92 bits per heavy atom. The summed E-state index contributed by atoms with van der Waals surface area (Å²) in [5.74, 6) is 0.592. The van der Waals surface area contributed by atoms with E-state index < -0.39 is 0 Å². The van der Waals surface area contributed by atoms with Crippen LogP contribution >= 0.6 is 24.0 Å². The first-order valence-corrected chi connectivity index (χ1v) is 9.55. The van der Waals surface area contributed by atoms with E-state index in [9.17, 15) is 4.79 Å². The van der Waals surface area contributed by atoms with Crippen molar-refractivity contribution >= 4 is 39.9 Å². The summed E-state index contributed by atoms with van der Waals surface area (Å²) in [6.07, 6.45) is 6.76. The zero-order chi connectivity index (χ0) is 17.1. The van der Waals surface area contributed by atoms with Crippen molar-refractivity contribution in [1.29, 1.82) is 0 Å². The van der Waals surface area contributed by atoms with Gasteiger partial charge in [0.1, 0.15) is 5.75 Å². The highest BCUT2D eigenvalue weighted by molar-refractivity contribution is 8.27. The quantitative estimate of drug-likeness (QED) is 0.593. The molecule has 128 valence electrons. The topological polar surface area (TPSA) is 32.8 Å². The Balaban J connectivity index is 1.87. The number of benzene rings is 1. The number of amides is 1. The minimum absolute atomic E-state index is 0.0603. The monoisotopic (exact) mass is 362 g/mol. The number of ether oxygens (including phenoxy) is 1. The molecule has 1 aromatic rings. The van der Waals surface area contributed by atoms with Crippen LogP contribution in [0.15, 0.2) is 35.4 Å². The Morgan fingerprint density at radius 2 is 2.17 bits per heavy atom. The third kappa shape index (κ3) is 3.30. The van der Waals surface area contributed by atoms with Crippen LogP contribution in [0.25, 0.3) is 0 Å². The molecule has 0 aliphatic carbocycles. The van der Waals surface area contributed by atoms with E-state index >= 15 is 0 Å². The number of thioether (sulfide) groups is 1. The first-order chi connectivity index (χ1) is 11.7. The van der Waals surface area contributed by atoms with Crippen LogP contribution in [-0.4, -0.2) is 34.8 Å². The van der Waals surface area contributed by atoms with Gasteiger partial charge in [0.05, 0.1) is 17.7 Å². The van der Waals surface area contributed by atoms with Crippen molar-refractivity contribution in [2.75, 3.05) is 18.6 Å². The van der Waals surface area contributed by atoms with E-state index in [0.717, 1.165) is 13.0 Å². The Labute approximate surface area is 152 Å². The van der Waals surface area contributed by atoms with Crippen LogP contribution in [-0.2, 0) is 4.79 Å². The third-order valence-corrected chi connectivity index (χ3v) is 5.84. The molecule has 0 saturated carbocycles. The summed E-state index contributed by atoms with van der Waals surface area (Å²) in [5.41, 5.74) is 0.705. The summed E-state index contributed by atoms with van der Waals surface area (Å²) in [6.45, 7) is 3.22. The molecular formula is C18H22N2O2S2. The Kier molecular flexibility index (Phi) is 5.46. The molecule has 1 amide bonds. The average Bonchev–Trinajstić information content (AvgIpc) is 2.89. The fraction of sp³-hybridized carbons (Fsp3) is 0.444. The molecule has 2 fully saturated rings. The van der Waals surface area contributed by atoms with Gasteiger partial charge in [0.25, 0.3) is 5.91 Å². The summed E-state index contributed by atoms with van der Waals surface area (Å²) in [5, 5.41) is 0. The highest BCUT2D eigenvalue weighted by Crippen LogP contribution is 2.39. The smallest absolute Gasteiger partial charge is 0.272 e. The summed E-state index contributed by atoms with van der Waals surface area (Å²) in [7, 11) is 1.60. The standard InChI is InChI=1S/C18H22N2O2S2/c1-3-13-8-6-7-11-19(13)12-16-17(21)20(18(23)24-16)14-9-4-5-10-15(14)22-2/h4-5,9-10,12-13H,3,6-8,11H2,1-2H3. The van der Waals surface area contributed by atoms with Gasteiger partial charge in [0, 0.05) is 18.8 Å². The lowest BCUT2D eigenvalue weighted by Crippen LogP contribution is -2.35. The van der Waals surface area contributed by atoms with E-state index in [1.54, 1.807) is 12.0 Å². The molecule has 1 aromatic carbocycles. The molecule has 24 heavy (non-hydrogen) atoms. The lowest BCUT2D eigenvalue weighted by atomic mass is 10.0. The number of nitrogens with zero attached hydrogens (tertiary/aromatic N) is 2. The molecule has 0 spiro atoms. The zero-order valence-corrected chi connectivity index (χ0v) is 15.7.